The van der Waals surface area contributed by atoms with E-state index >= 15 is 0 Å². The van der Waals surface area contributed by atoms with E-state index in [1.165, 1.54) is 11.1 Å². The third kappa shape index (κ3) is 1.78. The van der Waals surface area contributed by atoms with Crippen LogP contribution in [0, 0.1) is 13.8 Å². The van der Waals surface area contributed by atoms with Crippen molar-refractivity contribution in [1.82, 2.24) is 9.55 Å². The lowest BCUT2D eigenvalue weighted by Crippen LogP contribution is -2.03. The van der Waals surface area contributed by atoms with Crippen molar-refractivity contribution >= 4 is 28.6 Å². The molecule has 0 aliphatic heterocycles. The first kappa shape index (κ1) is 12.1. The monoisotopic (exact) mass is 271 g/mol. The lowest BCUT2D eigenvalue weighted by atomic mass is 10.1. The van der Waals surface area contributed by atoms with Gasteiger partial charge in [0.2, 0.25) is 5.95 Å². The van der Waals surface area contributed by atoms with E-state index in [0.29, 0.717) is 11.0 Å². The Hall–Kier alpha value is -2.00. The van der Waals surface area contributed by atoms with Gasteiger partial charge >= 0.3 is 0 Å². The van der Waals surface area contributed by atoms with Crippen LogP contribution in [0.5, 0.6) is 0 Å². The van der Waals surface area contributed by atoms with Crippen molar-refractivity contribution in [2.24, 2.45) is 0 Å². The Kier molecular flexibility index (Phi) is 2.72. The number of fused-ring (bicyclic) bond motifs is 1. The highest BCUT2D eigenvalue weighted by Gasteiger charge is 2.14. The summed E-state index contributed by atoms with van der Waals surface area (Å²) in [7, 11) is 0. The number of halogens is 1. The first-order chi connectivity index (χ1) is 9.09. The van der Waals surface area contributed by atoms with Gasteiger partial charge in [0.25, 0.3) is 0 Å². The predicted molar refractivity (Wildman–Crippen MR) is 80.0 cm³/mol. The van der Waals surface area contributed by atoms with Gasteiger partial charge in [0.15, 0.2) is 0 Å². The smallest absolute Gasteiger partial charge is 0.205 e. The average Bonchev–Trinajstić information content (AvgIpc) is 2.71. The minimum Gasteiger partial charge on any atom is -0.369 e. The summed E-state index contributed by atoms with van der Waals surface area (Å²) in [6, 6.07) is 11.9. The van der Waals surface area contributed by atoms with Crippen LogP contribution in [0.15, 0.2) is 36.4 Å². The van der Waals surface area contributed by atoms with E-state index in [2.05, 4.69) is 24.9 Å². The van der Waals surface area contributed by atoms with E-state index in [9.17, 15) is 0 Å². The van der Waals surface area contributed by atoms with Gasteiger partial charge in [0.1, 0.15) is 5.52 Å². The lowest BCUT2D eigenvalue weighted by molar-refractivity contribution is 1.08. The summed E-state index contributed by atoms with van der Waals surface area (Å²) in [5.74, 6) is 0.455. The molecule has 0 bridgehead atoms. The molecule has 2 N–H and O–H groups in total. The van der Waals surface area contributed by atoms with Crippen molar-refractivity contribution in [3.8, 4) is 5.69 Å². The third-order valence-corrected chi connectivity index (χ3v) is 3.78. The van der Waals surface area contributed by atoms with E-state index in [-0.39, 0.29) is 0 Å². The maximum Gasteiger partial charge on any atom is 0.205 e. The SMILES string of the molecule is Cc1cccc(-n2c(N)nc3c(Cl)cccc32)c1C. The Morgan fingerprint density at radius 3 is 2.63 bits per heavy atom. The number of aryl methyl sites for hydroxylation is 1. The van der Waals surface area contributed by atoms with E-state index in [1.807, 2.05) is 34.9 Å². The van der Waals surface area contributed by atoms with Crippen molar-refractivity contribution in [2.45, 2.75) is 13.8 Å². The maximum atomic E-state index is 6.17. The van der Waals surface area contributed by atoms with Gasteiger partial charge in [-0.2, -0.15) is 0 Å². The molecule has 0 radical (unpaired) electrons. The van der Waals surface area contributed by atoms with Gasteiger partial charge in [-0.1, -0.05) is 29.8 Å². The number of nitrogen functional groups attached to an aromatic ring is 1. The predicted octanol–water partition coefficient (Wildman–Crippen LogP) is 3.88. The molecule has 0 saturated carbocycles. The molecular formula is C15H14ClN3. The van der Waals surface area contributed by atoms with Crippen molar-refractivity contribution in [1.29, 1.82) is 0 Å². The van der Waals surface area contributed by atoms with Crippen molar-refractivity contribution in [3.05, 3.63) is 52.5 Å². The fraction of sp³-hybridized carbons (Fsp3) is 0.133. The number of aromatic nitrogens is 2. The summed E-state index contributed by atoms with van der Waals surface area (Å²) in [6.45, 7) is 4.17. The molecule has 3 rings (SSSR count). The van der Waals surface area contributed by atoms with Crippen molar-refractivity contribution in [3.63, 3.8) is 0 Å². The van der Waals surface area contributed by atoms with Gasteiger partial charge in [0.05, 0.1) is 16.2 Å². The molecule has 0 atom stereocenters. The number of rotatable bonds is 1. The molecule has 1 aromatic heterocycles. The van der Waals surface area contributed by atoms with Gasteiger partial charge in [-0.15, -0.1) is 0 Å². The molecule has 0 spiro atoms. The molecular weight excluding hydrogens is 258 g/mol. The molecule has 0 saturated heterocycles. The topological polar surface area (TPSA) is 43.8 Å². The Labute approximate surface area is 116 Å². The van der Waals surface area contributed by atoms with Crippen LogP contribution >= 0.6 is 11.6 Å². The number of benzene rings is 2. The van der Waals surface area contributed by atoms with Crippen LogP contribution in [-0.4, -0.2) is 9.55 Å². The Morgan fingerprint density at radius 1 is 1.11 bits per heavy atom. The molecule has 2 aromatic carbocycles. The van der Waals surface area contributed by atoms with Gasteiger partial charge in [-0.3, -0.25) is 4.57 Å². The second-order valence-corrected chi connectivity index (χ2v) is 5.04. The van der Waals surface area contributed by atoms with Gasteiger partial charge in [-0.05, 0) is 43.2 Å². The van der Waals surface area contributed by atoms with Crippen LogP contribution in [0.4, 0.5) is 5.95 Å². The quantitative estimate of drug-likeness (QED) is 0.730. The van der Waals surface area contributed by atoms with Crippen molar-refractivity contribution < 1.29 is 0 Å². The van der Waals surface area contributed by atoms with Gasteiger partial charge in [-0.25, -0.2) is 4.98 Å². The van der Waals surface area contributed by atoms with Crippen LogP contribution in [0.25, 0.3) is 16.7 Å². The first-order valence-electron chi connectivity index (χ1n) is 6.08. The van der Waals surface area contributed by atoms with E-state index < -0.39 is 0 Å². The number of anilines is 1. The zero-order valence-electron chi connectivity index (χ0n) is 10.8. The summed E-state index contributed by atoms with van der Waals surface area (Å²) in [5.41, 5.74) is 11.2. The summed E-state index contributed by atoms with van der Waals surface area (Å²) in [6.07, 6.45) is 0. The fourth-order valence-electron chi connectivity index (χ4n) is 2.31. The van der Waals surface area contributed by atoms with Gasteiger partial charge in [0, 0.05) is 0 Å². The van der Waals surface area contributed by atoms with Crippen LogP contribution in [-0.2, 0) is 0 Å². The molecule has 3 nitrogen and oxygen atoms in total. The average molecular weight is 272 g/mol. The molecule has 1 heterocycles. The number of hydrogen-bond acceptors (Lipinski definition) is 2. The number of nitrogens with zero attached hydrogens (tertiary/aromatic N) is 2. The number of hydrogen-bond donors (Lipinski definition) is 1. The first-order valence-corrected chi connectivity index (χ1v) is 6.46. The molecule has 0 unspecified atom stereocenters. The Morgan fingerprint density at radius 2 is 1.84 bits per heavy atom. The van der Waals surface area contributed by atoms with E-state index in [1.54, 1.807) is 0 Å². The zero-order valence-corrected chi connectivity index (χ0v) is 11.6. The molecule has 96 valence electrons. The standard InChI is InChI=1S/C15H14ClN3/c1-9-5-3-7-12(10(9)2)19-13-8-4-6-11(16)14(13)18-15(19)17/h3-8H,1-2H3,(H2,17,18). The van der Waals surface area contributed by atoms with Gasteiger partial charge < -0.3 is 5.73 Å². The molecule has 0 amide bonds. The number of para-hydroxylation sites is 1. The number of nitrogens with two attached hydrogens (primary N) is 1. The van der Waals surface area contributed by atoms with Crippen molar-refractivity contribution in [2.75, 3.05) is 5.73 Å². The third-order valence-electron chi connectivity index (χ3n) is 3.48. The second-order valence-electron chi connectivity index (χ2n) is 4.63. The molecule has 0 aliphatic rings. The largest absolute Gasteiger partial charge is 0.369 e. The molecule has 3 aromatic rings. The summed E-state index contributed by atoms with van der Waals surface area (Å²) < 4.78 is 1.95. The molecule has 19 heavy (non-hydrogen) atoms. The number of imidazole rings is 1. The Bertz CT molecular complexity index is 774. The van der Waals surface area contributed by atoms with Crippen LogP contribution < -0.4 is 5.73 Å². The summed E-state index contributed by atoms with van der Waals surface area (Å²) in [5, 5.41) is 0.619. The second kappa shape index (κ2) is 4.28. The summed E-state index contributed by atoms with van der Waals surface area (Å²) >= 11 is 6.17. The van der Waals surface area contributed by atoms with Crippen LogP contribution in [0.2, 0.25) is 5.02 Å². The Balaban J connectivity index is 2.40. The highest BCUT2D eigenvalue weighted by molar-refractivity contribution is 6.35. The molecule has 0 aliphatic carbocycles. The van der Waals surface area contributed by atoms with Crippen LogP contribution in [0.3, 0.4) is 0 Å². The normalized spacial score (nSPS) is 11.1. The van der Waals surface area contributed by atoms with Crippen LogP contribution in [0.1, 0.15) is 11.1 Å². The van der Waals surface area contributed by atoms with E-state index in [0.717, 1.165) is 16.7 Å². The minimum atomic E-state index is 0.455. The fourth-order valence-corrected chi connectivity index (χ4v) is 2.53. The highest BCUT2D eigenvalue weighted by atomic mass is 35.5. The van der Waals surface area contributed by atoms with E-state index in [4.69, 9.17) is 17.3 Å². The lowest BCUT2D eigenvalue weighted by Gasteiger charge is -2.11. The zero-order chi connectivity index (χ0) is 13.6. The maximum absolute atomic E-state index is 6.17. The molecule has 0 fully saturated rings. The highest BCUT2D eigenvalue weighted by Crippen LogP contribution is 2.29. The molecule has 4 heteroatoms. The minimum absolute atomic E-state index is 0.455. The summed E-state index contributed by atoms with van der Waals surface area (Å²) in [4.78, 5) is 4.37.